The van der Waals surface area contributed by atoms with Crippen molar-refractivity contribution in [3.63, 3.8) is 0 Å². The fraction of sp³-hybridized carbons (Fsp3) is 0.278. The molecule has 0 radical (unpaired) electrons. The molecule has 0 aliphatic heterocycles. The summed E-state index contributed by atoms with van der Waals surface area (Å²) in [5, 5.41) is 5.35. The zero-order valence-electron chi connectivity index (χ0n) is 13.1. The van der Waals surface area contributed by atoms with Crippen LogP contribution in [-0.2, 0) is 11.2 Å². The minimum Gasteiger partial charge on any atom is -0.323 e. The summed E-state index contributed by atoms with van der Waals surface area (Å²) in [4.78, 5) is 11.7. The first-order valence-electron chi connectivity index (χ1n) is 7.76. The predicted octanol–water partition coefficient (Wildman–Crippen LogP) is 3.65. The maximum atomic E-state index is 13.4. The van der Waals surface area contributed by atoms with E-state index in [4.69, 9.17) is 0 Å². The van der Waals surface area contributed by atoms with Gasteiger partial charge in [0.05, 0.1) is 5.69 Å². The number of carbonyl (C=O) groups excluding carboxylic acids is 1. The molecule has 0 heterocycles. The van der Waals surface area contributed by atoms with Crippen LogP contribution in [0, 0.1) is 17.5 Å². The average Bonchev–Trinajstić information content (AvgIpc) is 2.59. The van der Waals surface area contributed by atoms with E-state index in [9.17, 15) is 18.0 Å². The van der Waals surface area contributed by atoms with Gasteiger partial charge < -0.3 is 10.6 Å². The highest BCUT2D eigenvalue weighted by atomic mass is 19.2. The molecule has 0 aromatic heterocycles. The van der Waals surface area contributed by atoms with Crippen molar-refractivity contribution in [2.24, 2.45) is 0 Å². The number of aryl methyl sites for hydroxylation is 1. The van der Waals surface area contributed by atoms with Crippen LogP contribution in [-0.4, -0.2) is 19.0 Å². The first-order chi connectivity index (χ1) is 11.6. The minimum absolute atomic E-state index is 0.115. The number of rotatable bonds is 8. The second-order valence-corrected chi connectivity index (χ2v) is 5.36. The van der Waals surface area contributed by atoms with Crippen LogP contribution in [0.1, 0.15) is 18.4 Å². The van der Waals surface area contributed by atoms with E-state index in [0.717, 1.165) is 31.5 Å². The van der Waals surface area contributed by atoms with Gasteiger partial charge in [0.25, 0.3) is 0 Å². The maximum Gasteiger partial charge on any atom is 0.225 e. The lowest BCUT2D eigenvalue weighted by molar-refractivity contribution is -0.116. The van der Waals surface area contributed by atoms with E-state index in [1.54, 1.807) is 0 Å². The summed E-state index contributed by atoms with van der Waals surface area (Å²) in [6.07, 6.45) is 1.99. The van der Waals surface area contributed by atoms with Crippen LogP contribution in [0.15, 0.2) is 42.5 Å². The summed E-state index contributed by atoms with van der Waals surface area (Å²) in [5.74, 6) is -4.73. The van der Waals surface area contributed by atoms with Gasteiger partial charge in [-0.3, -0.25) is 4.79 Å². The van der Waals surface area contributed by atoms with Crippen LogP contribution >= 0.6 is 0 Å². The van der Waals surface area contributed by atoms with Gasteiger partial charge in [0.2, 0.25) is 5.91 Å². The Morgan fingerprint density at radius 1 is 0.917 bits per heavy atom. The number of halogens is 3. The van der Waals surface area contributed by atoms with Gasteiger partial charge in [-0.15, -0.1) is 0 Å². The second-order valence-electron chi connectivity index (χ2n) is 5.36. The molecule has 24 heavy (non-hydrogen) atoms. The lowest BCUT2D eigenvalue weighted by Crippen LogP contribution is -2.23. The summed E-state index contributed by atoms with van der Waals surface area (Å²) in [7, 11) is 0. The molecule has 0 saturated carbocycles. The molecular weight excluding hydrogens is 317 g/mol. The predicted molar refractivity (Wildman–Crippen MR) is 87.2 cm³/mol. The molecule has 0 spiro atoms. The Morgan fingerprint density at radius 2 is 1.67 bits per heavy atom. The molecule has 2 aromatic carbocycles. The largest absolute Gasteiger partial charge is 0.323 e. The molecule has 2 aromatic rings. The van der Waals surface area contributed by atoms with Crippen molar-refractivity contribution >= 4 is 11.6 Å². The smallest absolute Gasteiger partial charge is 0.225 e. The Balaban J connectivity index is 1.64. The summed E-state index contributed by atoms with van der Waals surface area (Å²) in [5.41, 5.74) is 0.897. The van der Waals surface area contributed by atoms with Crippen LogP contribution in [0.4, 0.5) is 18.9 Å². The van der Waals surface area contributed by atoms with Crippen molar-refractivity contribution in [1.82, 2.24) is 5.32 Å². The number of hydrogen-bond donors (Lipinski definition) is 2. The van der Waals surface area contributed by atoms with Crippen LogP contribution in [0.25, 0.3) is 0 Å². The zero-order valence-corrected chi connectivity index (χ0v) is 13.1. The molecule has 0 atom stereocenters. The number of benzene rings is 2. The van der Waals surface area contributed by atoms with Gasteiger partial charge in [0.15, 0.2) is 17.5 Å². The quantitative estimate of drug-likeness (QED) is 0.571. The molecule has 0 unspecified atom stereocenters. The molecule has 0 aliphatic carbocycles. The Bertz CT molecular complexity index is 677. The van der Waals surface area contributed by atoms with Crippen molar-refractivity contribution in [1.29, 1.82) is 0 Å². The summed E-state index contributed by atoms with van der Waals surface area (Å²) >= 11 is 0. The Morgan fingerprint density at radius 3 is 2.42 bits per heavy atom. The third kappa shape index (κ3) is 5.38. The topological polar surface area (TPSA) is 41.1 Å². The standard InChI is InChI=1S/C18H19F3N2O/c19-14-8-9-15(18(21)17(14)20)23-16(24)10-12-22-11-4-7-13-5-2-1-3-6-13/h1-3,5-6,8-9,22H,4,7,10-12H2,(H,23,24). The Hall–Kier alpha value is -2.34. The van der Waals surface area contributed by atoms with E-state index in [1.165, 1.54) is 5.56 Å². The minimum atomic E-state index is -1.59. The van der Waals surface area contributed by atoms with E-state index >= 15 is 0 Å². The molecule has 0 fully saturated rings. The molecule has 1 amide bonds. The van der Waals surface area contributed by atoms with E-state index < -0.39 is 23.4 Å². The van der Waals surface area contributed by atoms with Crippen LogP contribution in [0.5, 0.6) is 0 Å². The average molecular weight is 336 g/mol. The van der Waals surface area contributed by atoms with Gasteiger partial charge in [-0.25, -0.2) is 13.2 Å². The van der Waals surface area contributed by atoms with Gasteiger partial charge in [-0.2, -0.15) is 0 Å². The second kappa shape index (κ2) is 9.08. The third-order valence-corrected chi connectivity index (χ3v) is 3.50. The first-order valence-corrected chi connectivity index (χ1v) is 7.76. The van der Waals surface area contributed by atoms with Crippen molar-refractivity contribution in [3.05, 3.63) is 65.5 Å². The van der Waals surface area contributed by atoms with E-state index in [0.29, 0.717) is 6.54 Å². The molecule has 3 nitrogen and oxygen atoms in total. The molecule has 2 rings (SSSR count). The number of amides is 1. The molecule has 2 N–H and O–H groups in total. The molecule has 128 valence electrons. The van der Waals surface area contributed by atoms with Crippen molar-refractivity contribution in [3.8, 4) is 0 Å². The molecule has 0 bridgehead atoms. The summed E-state index contributed by atoms with van der Waals surface area (Å²) < 4.78 is 39.3. The highest BCUT2D eigenvalue weighted by Crippen LogP contribution is 2.19. The van der Waals surface area contributed by atoms with Gasteiger partial charge in [-0.1, -0.05) is 30.3 Å². The fourth-order valence-electron chi connectivity index (χ4n) is 2.22. The van der Waals surface area contributed by atoms with Crippen molar-refractivity contribution < 1.29 is 18.0 Å². The lowest BCUT2D eigenvalue weighted by atomic mass is 10.1. The summed E-state index contributed by atoms with van der Waals surface area (Å²) in [6, 6.07) is 11.8. The van der Waals surface area contributed by atoms with Crippen molar-refractivity contribution in [2.45, 2.75) is 19.3 Å². The van der Waals surface area contributed by atoms with E-state index in [2.05, 4.69) is 22.8 Å². The third-order valence-electron chi connectivity index (χ3n) is 3.50. The number of anilines is 1. The SMILES string of the molecule is O=C(CCNCCCc1ccccc1)Nc1ccc(F)c(F)c1F. The highest BCUT2D eigenvalue weighted by molar-refractivity contribution is 5.90. The normalized spacial score (nSPS) is 10.6. The van der Waals surface area contributed by atoms with Crippen LogP contribution < -0.4 is 10.6 Å². The van der Waals surface area contributed by atoms with E-state index in [1.807, 2.05) is 18.2 Å². The van der Waals surface area contributed by atoms with Gasteiger partial charge in [0.1, 0.15) is 0 Å². The monoisotopic (exact) mass is 336 g/mol. The van der Waals surface area contributed by atoms with E-state index in [-0.39, 0.29) is 12.1 Å². The zero-order chi connectivity index (χ0) is 17.4. The molecule has 0 aliphatic rings. The van der Waals surface area contributed by atoms with Gasteiger partial charge in [-0.05, 0) is 37.1 Å². The molecular formula is C18H19F3N2O. The van der Waals surface area contributed by atoms with Crippen LogP contribution in [0.2, 0.25) is 0 Å². The molecule has 0 saturated heterocycles. The first kappa shape index (κ1) is 18.0. The summed E-state index contributed by atoms with van der Waals surface area (Å²) in [6.45, 7) is 1.17. The van der Waals surface area contributed by atoms with Crippen LogP contribution in [0.3, 0.4) is 0 Å². The number of hydrogen-bond acceptors (Lipinski definition) is 2. The Labute approximate surface area is 138 Å². The fourth-order valence-corrected chi connectivity index (χ4v) is 2.22. The molecule has 6 heteroatoms. The van der Waals surface area contributed by atoms with Crippen molar-refractivity contribution in [2.75, 3.05) is 18.4 Å². The van der Waals surface area contributed by atoms with Gasteiger partial charge >= 0.3 is 0 Å². The number of carbonyl (C=O) groups is 1. The maximum absolute atomic E-state index is 13.4. The lowest BCUT2D eigenvalue weighted by Gasteiger charge is -2.08. The number of nitrogens with one attached hydrogen (secondary N) is 2. The highest BCUT2D eigenvalue weighted by Gasteiger charge is 2.14. The Kier molecular flexibility index (Phi) is 6.81. The van der Waals surface area contributed by atoms with Gasteiger partial charge in [0, 0.05) is 13.0 Å².